The van der Waals surface area contributed by atoms with Crippen LogP contribution in [0.2, 0.25) is 0 Å². The summed E-state index contributed by atoms with van der Waals surface area (Å²) in [5, 5.41) is 15.3. The fraction of sp³-hybridized carbons (Fsp3) is 0.400. The van der Waals surface area contributed by atoms with Gasteiger partial charge >= 0.3 is 0 Å². The van der Waals surface area contributed by atoms with Crippen molar-refractivity contribution in [2.24, 2.45) is 0 Å². The average molecular weight is 565 g/mol. The second-order valence-electron chi connectivity index (χ2n) is 10.0. The monoisotopic (exact) mass is 564 g/mol. The summed E-state index contributed by atoms with van der Waals surface area (Å²) in [5.74, 6) is -2.43. The molecule has 0 aliphatic carbocycles. The summed E-state index contributed by atoms with van der Waals surface area (Å²) in [6, 6.07) is 15.3. The van der Waals surface area contributed by atoms with Crippen molar-refractivity contribution in [2.75, 3.05) is 34.7 Å². The summed E-state index contributed by atoms with van der Waals surface area (Å²) < 4.78 is 0. The first-order chi connectivity index (χ1) is 19.5. The number of Topliss-reactive ketones (excluding diaryl/α,β-unsaturated/α-hetero) is 1. The third-order valence-corrected chi connectivity index (χ3v) is 6.48. The third kappa shape index (κ3) is 11.0. The zero-order valence-electron chi connectivity index (χ0n) is 24.1. The van der Waals surface area contributed by atoms with Crippen LogP contribution in [-0.2, 0) is 36.8 Å². The molecule has 0 aliphatic heterocycles. The van der Waals surface area contributed by atoms with Gasteiger partial charge in [0.15, 0.2) is 5.78 Å². The Kier molecular flexibility index (Phi) is 13.3. The smallest absolute Gasteiger partial charge is 0.245 e. The van der Waals surface area contributed by atoms with Gasteiger partial charge in [0, 0.05) is 33.4 Å². The van der Waals surface area contributed by atoms with Crippen LogP contribution in [0.5, 0.6) is 0 Å². The van der Waals surface area contributed by atoms with Gasteiger partial charge in [0.05, 0.1) is 12.8 Å². The predicted molar refractivity (Wildman–Crippen MR) is 156 cm³/mol. The number of nitrogens with zero attached hydrogens (tertiary/aromatic N) is 2. The summed E-state index contributed by atoms with van der Waals surface area (Å²) in [4.78, 5) is 67.6. The van der Waals surface area contributed by atoms with Gasteiger partial charge < -0.3 is 31.2 Å². The minimum absolute atomic E-state index is 0.0628. The summed E-state index contributed by atoms with van der Waals surface area (Å²) in [7, 11) is 6.37. The van der Waals surface area contributed by atoms with Crippen molar-refractivity contribution in [2.45, 2.75) is 43.8 Å². The topological polar surface area (TPSA) is 152 Å². The molecule has 0 aliphatic rings. The van der Waals surface area contributed by atoms with Crippen LogP contribution in [0.25, 0.3) is 0 Å². The number of benzene rings is 2. The van der Waals surface area contributed by atoms with Crippen LogP contribution in [0, 0.1) is 5.41 Å². The van der Waals surface area contributed by atoms with Crippen LogP contribution in [0.15, 0.2) is 60.7 Å². The van der Waals surface area contributed by atoms with Crippen molar-refractivity contribution < 1.29 is 24.0 Å². The molecular formula is C30H40N6O5. The Hall–Kier alpha value is -4.38. The lowest BCUT2D eigenvalue weighted by molar-refractivity contribution is -0.143. The van der Waals surface area contributed by atoms with E-state index in [0.717, 1.165) is 11.1 Å². The Morgan fingerprint density at radius 1 is 0.805 bits per heavy atom. The molecule has 2 aromatic rings. The van der Waals surface area contributed by atoms with Gasteiger partial charge in [-0.05, 0) is 31.6 Å². The van der Waals surface area contributed by atoms with E-state index in [1.165, 1.54) is 19.0 Å². The minimum atomic E-state index is -1.14. The van der Waals surface area contributed by atoms with Gasteiger partial charge in [0.25, 0.3) is 0 Å². The van der Waals surface area contributed by atoms with Crippen molar-refractivity contribution in [3.05, 3.63) is 71.8 Å². The molecule has 0 heterocycles. The second-order valence-corrected chi connectivity index (χ2v) is 10.0. The molecular weight excluding hydrogens is 524 g/mol. The molecule has 41 heavy (non-hydrogen) atoms. The number of hydrogen-bond donors (Lipinski definition) is 4. The first-order valence-corrected chi connectivity index (χ1v) is 13.4. The molecule has 2 aromatic carbocycles. The Bertz CT molecular complexity index is 1190. The summed E-state index contributed by atoms with van der Waals surface area (Å²) in [6.45, 7) is 0.0628. The predicted octanol–water partition coefficient (Wildman–Crippen LogP) is 0.575. The second kappa shape index (κ2) is 16.7. The normalized spacial score (nSPS) is 12.9. The van der Waals surface area contributed by atoms with E-state index < -0.39 is 41.6 Å². The molecule has 0 aromatic heterocycles. The molecule has 2 rings (SSSR count). The third-order valence-electron chi connectivity index (χ3n) is 6.48. The van der Waals surface area contributed by atoms with E-state index in [1.54, 1.807) is 19.0 Å². The summed E-state index contributed by atoms with van der Waals surface area (Å²) in [5.41, 5.74) is 1.64. The number of nitrogens with one attached hydrogen (secondary N) is 4. The van der Waals surface area contributed by atoms with Crippen LogP contribution in [-0.4, -0.2) is 98.3 Å². The average Bonchev–Trinajstić information content (AvgIpc) is 2.96. The molecule has 3 atom stereocenters. The maximum absolute atomic E-state index is 13.8. The number of carbonyl (C=O) groups excluding carboxylic acids is 5. The highest BCUT2D eigenvalue weighted by Gasteiger charge is 2.34. The highest BCUT2D eigenvalue weighted by Crippen LogP contribution is 2.13. The molecule has 11 nitrogen and oxygen atoms in total. The number of hydrogen-bond acceptors (Lipinski definition) is 7. The van der Waals surface area contributed by atoms with Crippen molar-refractivity contribution >= 4 is 35.6 Å². The van der Waals surface area contributed by atoms with Gasteiger partial charge in [-0.2, -0.15) is 0 Å². The molecule has 0 saturated heterocycles. The van der Waals surface area contributed by atoms with Gasteiger partial charge in [0.1, 0.15) is 18.1 Å². The lowest BCUT2D eigenvalue weighted by Gasteiger charge is -2.32. The van der Waals surface area contributed by atoms with Crippen molar-refractivity contribution in [1.82, 2.24) is 25.8 Å². The van der Waals surface area contributed by atoms with Crippen LogP contribution in [0.3, 0.4) is 0 Å². The Morgan fingerprint density at radius 3 is 1.83 bits per heavy atom. The van der Waals surface area contributed by atoms with Crippen LogP contribution in [0.1, 0.15) is 24.0 Å². The first kappa shape index (κ1) is 32.8. The van der Waals surface area contributed by atoms with E-state index in [4.69, 9.17) is 5.41 Å². The molecule has 0 fully saturated rings. The quantitative estimate of drug-likeness (QED) is 0.219. The fourth-order valence-corrected chi connectivity index (χ4v) is 4.33. The van der Waals surface area contributed by atoms with Gasteiger partial charge in [-0.15, -0.1) is 0 Å². The number of likely N-dealkylation sites (N-methyl/N-ethyl adjacent to an activating group) is 3. The highest BCUT2D eigenvalue weighted by molar-refractivity contribution is 6.26. The van der Waals surface area contributed by atoms with Gasteiger partial charge in [-0.1, -0.05) is 60.7 Å². The van der Waals surface area contributed by atoms with E-state index in [9.17, 15) is 24.0 Å². The molecule has 0 unspecified atom stereocenters. The lowest BCUT2D eigenvalue weighted by Crippen LogP contribution is -2.58. The maximum atomic E-state index is 13.8. The summed E-state index contributed by atoms with van der Waals surface area (Å²) in [6.07, 6.45) is 0.842. The largest absolute Gasteiger partial charge is 0.357 e. The fourth-order valence-electron chi connectivity index (χ4n) is 4.33. The van der Waals surface area contributed by atoms with Gasteiger partial charge in [-0.3, -0.25) is 24.0 Å². The van der Waals surface area contributed by atoms with Crippen molar-refractivity contribution in [3.63, 3.8) is 0 Å². The highest BCUT2D eigenvalue weighted by atomic mass is 16.2. The molecule has 0 spiro atoms. The molecule has 4 amide bonds. The van der Waals surface area contributed by atoms with E-state index >= 15 is 0 Å². The lowest BCUT2D eigenvalue weighted by atomic mass is 10.0. The zero-order valence-corrected chi connectivity index (χ0v) is 24.1. The van der Waals surface area contributed by atoms with Crippen molar-refractivity contribution in [1.29, 1.82) is 5.41 Å². The maximum Gasteiger partial charge on any atom is 0.245 e. The van der Waals surface area contributed by atoms with Gasteiger partial charge in [0.2, 0.25) is 23.6 Å². The summed E-state index contributed by atoms with van der Waals surface area (Å²) >= 11 is 0. The van der Waals surface area contributed by atoms with Crippen molar-refractivity contribution in [3.8, 4) is 0 Å². The molecule has 4 N–H and O–H groups in total. The minimum Gasteiger partial charge on any atom is -0.357 e. The van der Waals surface area contributed by atoms with Crippen LogP contribution < -0.4 is 16.0 Å². The van der Waals surface area contributed by atoms with E-state index in [1.807, 2.05) is 60.7 Å². The Morgan fingerprint density at radius 2 is 1.34 bits per heavy atom. The van der Waals surface area contributed by atoms with E-state index in [0.29, 0.717) is 6.21 Å². The number of rotatable bonds is 16. The number of amides is 4. The molecule has 0 radical (unpaired) electrons. The number of carbonyl (C=O) groups is 5. The van der Waals surface area contributed by atoms with E-state index in [-0.39, 0.29) is 38.1 Å². The number of ketones is 1. The zero-order chi connectivity index (χ0) is 30.4. The van der Waals surface area contributed by atoms with Crippen LogP contribution in [0.4, 0.5) is 0 Å². The Labute approximate surface area is 241 Å². The Balaban J connectivity index is 2.34. The van der Waals surface area contributed by atoms with Crippen LogP contribution >= 0.6 is 0 Å². The molecule has 11 heteroatoms. The standard InChI is InChI=1S/C30H40N6O5/c1-32-28(39)24(17-21-11-7-5-8-12-21)34-29(40)26(16-15-23(37)19-31)36(4)30(41)25(33-27(38)20-35(2)3)18-22-13-9-6-10-14-22/h5-14,19,24-26,31H,15-18,20H2,1-4H3,(H,32,39)(H,33,38)(H,34,40)/t24-,25-,26-/m0/s1. The first-order valence-electron chi connectivity index (χ1n) is 13.4. The molecule has 220 valence electrons. The molecule has 0 saturated carbocycles. The SMILES string of the molecule is CNC(=O)[C@H](Cc1ccccc1)NC(=O)[C@H](CCC(=O)C=N)N(C)C(=O)[C@H](Cc1ccccc1)NC(=O)CN(C)C. The van der Waals surface area contributed by atoms with Gasteiger partial charge in [-0.25, -0.2) is 0 Å². The molecule has 0 bridgehead atoms. The van der Waals surface area contributed by atoms with E-state index in [2.05, 4.69) is 16.0 Å².